The zero-order valence-corrected chi connectivity index (χ0v) is 11.3. The van der Waals surface area contributed by atoms with Crippen LogP contribution in [-0.4, -0.2) is 14.6 Å². The quantitative estimate of drug-likeness (QED) is 0.876. The lowest BCUT2D eigenvalue weighted by Gasteiger charge is -2.41. The zero-order chi connectivity index (χ0) is 15.2. The zero-order valence-electron chi connectivity index (χ0n) is 10.5. The molecule has 1 aromatic rings. The van der Waals surface area contributed by atoms with Gasteiger partial charge in [0, 0.05) is 5.56 Å². The van der Waals surface area contributed by atoms with Crippen LogP contribution in [0.4, 0.5) is 13.2 Å². The highest BCUT2D eigenvalue weighted by molar-refractivity contribution is 7.90. The van der Waals surface area contributed by atoms with Gasteiger partial charge in [0.2, 0.25) is 10.0 Å². The van der Waals surface area contributed by atoms with Crippen LogP contribution in [-0.2, 0) is 14.9 Å². The molecule has 0 radical (unpaired) electrons. The van der Waals surface area contributed by atoms with E-state index in [0.29, 0.717) is 5.56 Å². The maximum atomic E-state index is 13.1. The van der Waals surface area contributed by atoms with Crippen molar-refractivity contribution >= 4 is 16.1 Å². The molecule has 2 rings (SSSR count). The average molecular weight is 306 g/mol. The van der Waals surface area contributed by atoms with Gasteiger partial charge in [0.05, 0.1) is 5.92 Å². The molecule has 1 aliphatic rings. The number of fused-ring (bicyclic) bond motifs is 1. The van der Waals surface area contributed by atoms with Gasteiger partial charge >= 0.3 is 6.18 Å². The molecule has 4 nitrogen and oxygen atoms in total. The lowest BCUT2D eigenvalue weighted by atomic mass is 9.88. The fourth-order valence-electron chi connectivity index (χ4n) is 2.38. The van der Waals surface area contributed by atoms with E-state index in [0.717, 1.165) is 6.92 Å². The van der Waals surface area contributed by atoms with Gasteiger partial charge in [0.15, 0.2) is 4.87 Å². The third kappa shape index (κ3) is 2.08. The first-order chi connectivity index (χ1) is 9.11. The second-order valence-electron chi connectivity index (χ2n) is 4.61. The van der Waals surface area contributed by atoms with E-state index in [-0.39, 0.29) is 5.56 Å². The molecule has 1 aromatic carbocycles. The van der Waals surface area contributed by atoms with Gasteiger partial charge in [-0.05, 0) is 17.8 Å². The standard InChI is InChI=1S/C12H13F3N2O2S/c1-8(12(13,14)15)11(20(16,18)19)10-5-3-2-4-9(10)6-7-17-11/h2-8,17H,1H3,(H2,16,18,19). The van der Waals surface area contributed by atoms with Crippen LogP contribution in [0.15, 0.2) is 30.5 Å². The first-order valence-electron chi connectivity index (χ1n) is 5.73. The highest BCUT2D eigenvalue weighted by atomic mass is 32.2. The van der Waals surface area contributed by atoms with Crippen molar-refractivity contribution in [2.45, 2.75) is 18.0 Å². The number of primary sulfonamides is 1. The van der Waals surface area contributed by atoms with Crippen molar-refractivity contribution in [1.29, 1.82) is 0 Å². The van der Waals surface area contributed by atoms with Crippen molar-refractivity contribution in [1.82, 2.24) is 5.32 Å². The van der Waals surface area contributed by atoms with Crippen molar-refractivity contribution in [2.75, 3.05) is 0 Å². The van der Waals surface area contributed by atoms with Crippen LogP contribution in [0.5, 0.6) is 0 Å². The minimum atomic E-state index is -4.72. The van der Waals surface area contributed by atoms with E-state index in [1.807, 2.05) is 0 Å². The van der Waals surface area contributed by atoms with Crippen LogP contribution < -0.4 is 10.5 Å². The number of hydrogen-bond acceptors (Lipinski definition) is 3. The monoisotopic (exact) mass is 306 g/mol. The van der Waals surface area contributed by atoms with Crippen LogP contribution in [0.25, 0.3) is 6.08 Å². The van der Waals surface area contributed by atoms with Crippen molar-refractivity contribution < 1.29 is 21.6 Å². The van der Waals surface area contributed by atoms with Gasteiger partial charge in [0.1, 0.15) is 0 Å². The molecule has 0 amide bonds. The maximum Gasteiger partial charge on any atom is 0.395 e. The van der Waals surface area contributed by atoms with Crippen LogP contribution in [0.1, 0.15) is 18.1 Å². The largest absolute Gasteiger partial charge is 0.395 e. The molecule has 0 fully saturated rings. The van der Waals surface area contributed by atoms with E-state index < -0.39 is 27.0 Å². The molecule has 20 heavy (non-hydrogen) atoms. The highest BCUT2D eigenvalue weighted by Gasteiger charge is 2.59. The summed E-state index contributed by atoms with van der Waals surface area (Å²) in [4.78, 5) is -2.42. The van der Waals surface area contributed by atoms with Crippen molar-refractivity contribution in [3.63, 3.8) is 0 Å². The number of rotatable bonds is 2. The summed E-state index contributed by atoms with van der Waals surface area (Å²) in [6.07, 6.45) is -2.05. The minimum Gasteiger partial charge on any atom is -0.367 e. The Morgan fingerprint density at radius 3 is 2.45 bits per heavy atom. The van der Waals surface area contributed by atoms with Gasteiger partial charge in [-0.25, -0.2) is 13.6 Å². The summed E-state index contributed by atoms with van der Waals surface area (Å²) in [6, 6.07) is 5.96. The van der Waals surface area contributed by atoms with Crippen molar-refractivity contribution in [3.8, 4) is 0 Å². The molecule has 2 unspecified atom stereocenters. The molecule has 1 heterocycles. The smallest absolute Gasteiger partial charge is 0.367 e. The third-order valence-corrected chi connectivity index (χ3v) is 5.06. The summed E-state index contributed by atoms with van der Waals surface area (Å²) < 4.78 is 63.2. The highest BCUT2D eigenvalue weighted by Crippen LogP contribution is 2.45. The SMILES string of the molecule is CC(C(F)(F)F)C1(S(N)(=O)=O)NC=Cc2ccccc21. The minimum absolute atomic E-state index is 0.00479. The Morgan fingerprint density at radius 1 is 1.30 bits per heavy atom. The van der Waals surface area contributed by atoms with E-state index in [1.165, 1.54) is 30.5 Å². The number of halogens is 3. The number of sulfonamides is 1. The Kier molecular flexibility index (Phi) is 3.34. The molecular weight excluding hydrogens is 293 g/mol. The number of hydrogen-bond donors (Lipinski definition) is 2. The van der Waals surface area contributed by atoms with Gasteiger partial charge in [-0.3, -0.25) is 0 Å². The van der Waals surface area contributed by atoms with Gasteiger partial charge in [-0.1, -0.05) is 31.2 Å². The Bertz CT molecular complexity index is 655. The molecule has 1 aliphatic heterocycles. The summed E-state index contributed by atoms with van der Waals surface area (Å²) in [6.45, 7) is 0.799. The summed E-state index contributed by atoms with van der Waals surface area (Å²) >= 11 is 0. The van der Waals surface area contributed by atoms with E-state index in [1.54, 1.807) is 6.07 Å². The predicted octanol–water partition coefficient (Wildman–Crippen LogP) is 1.90. The third-order valence-electron chi connectivity index (χ3n) is 3.47. The fraction of sp³-hybridized carbons (Fsp3) is 0.333. The maximum absolute atomic E-state index is 13.1. The first kappa shape index (κ1) is 14.9. The molecule has 8 heteroatoms. The normalized spacial score (nSPS) is 23.9. The van der Waals surface area contributed by atoms with Gasteiger partial charge in [-0.15, -0.1) is 0 Å². The Balaban J connectivity index is 2.78. The molecule has 0 saturated carbocycles. The summed E-state index contributed by atoms with van der Waals surface area (Å²) in [5.41, 5.74) is 0.381. The first-order valence-corrected chi connectivity index (χ1v) is 7.28. The molecule has 0 aliphatic carbocycles. The number of benzene rings is 1. The predicted molar refractivity (Wildman–Crippen MR) is 68.6 cm³/mol. The van der Waals surface area contributed by atoms with Crippen molar-refractivity contribution in [2.24, 2.45) is 11.1 Å². The van der Waals surface area contributed by atoms with Gasteiger partial charge in [0.25, 0.3) is 0 Å². The Labute approximate surface area is 114 Å². The van der Waals surface area contributed by atoms with Gasteiger partial charge in [-0.2, -0.15) is 13.2 Å². The van der Waals surface area contributed by atoms with Gasteiger partial charge < -0.3 is 5.32 Å². The molecule has 3 N–H and O–H groups in total. The molecule has 110 valence electrons. The van der Waals surface area contributed by atoms with Crippen LogP contribution in [0.3, 0.4) is 0 Å². The van der Waals surface area contributed by atoms with Crippen LogP contribution in [0.2, 0.25) is 0 Å². The second kappa shape index (κ2) is 4.49. The Morgan fingerprint density at radius 2 is 1.90 bits per heavy atom. The number of nitrogens with one attached hydrogen (secondary N) is 1. The molecule has 2 atom stereocenters. The Hall–Kier alpha value is -1.54. The molecule has 0 spiro atoms. The second-order valence-corrected chi connectivity index (χ2v) is 6.34. The average Bonchev–Trinajstić information content (AvgIpc) is 2.34. The van der Waals surface area contributed by atoms with Crippen molar-refractivity contribution in [3.05, 3.63) is 41.6 Å². The fourth-order valence-corrected chi connectivity index (χ4v) is 3.74. The number of nitrogens with two attached hydrogens (primary N) is 1. The van der Waals surface area contributed by atoms with E-state index in [9.17, 15) is 21.6 Å². The molecular formula is C12H13F3N2O2S. The lowest BCUT2D eigenvalue weighted by molar-refractivity contribution is -0.182. The summed E-state index contributed by atoms with van der Waals surface area (Å²) in [5, 5.41) is 7.46. The van der Waals surface area contributed by atoms with E-state index in [4.69, 9.17) is 5.14 Å². The van der Waals surface area contributed by atoms with Crippen LogP contribution in [0, 0.1) is 5.92 Å². The topological polar surface area (TPSA) is 72.2 Å². The molecule has 0 aromatic heterocycles. The number of alkyl halides is 3. The summed E-state index contributed by atoms with van der Waals surface area (Å²) in [5.74, 6) is -2.21. The van der Waals surface area contributed by atoms with E-state index >= 15 is 0 Å². The lowest BCUT2D eigenvalue weighted by Crippen LogP contribution is -2.59. The molecule has 0 bridgehead atoms. The molecule has 0 saturated heterocycles. The summed E-state index contributed by atoms with van der Waals surface area (Å²) in [7, 11) is -4.57. The van der Waals surface area contributed by atoms with Crippen LogP contribution >= 0.6 is 0 Å². The van der Waals surface area contributed by atoms with E-state index in [2.05, 4.69) is 5.32 Å².